The van der Waals surface area contributed by atoms with Gasteiger partial charge in [0.15, 0.2) is 0 Å². The number of hydrogen-bond acceptors (Lipinski definition) is 3. The summed E-state index contributed by atoms with van der Waals surface area (Å²) in [5.74, 6) is 1.21. The number of rotatable bonds is 3. The van der Waals surface area contributed by atoms with Crippen LogP contribution in [0.15, 0.2) is 18.2 Å². The highest BCUT2D eigenvalue weighted by molar-refractivity contribution is 8.07. The van der Waals surface area contributed by atoms with Crippen LogP contribution in [0.2, 0.25) is 0 Å². The highest BCUT2D eigenvalue weighted by Crippen LogP contribution is 2.33. The van der Waals surface area contributed by atoms with Crippen LogP contribution in [-0.4, -0.2) is 28.0 Å². The highest BCUT2D eigenvalue weighted by Gasteiger charge is 2.28. The minimum atomic E-state index is -0.541. The van der Waals surface area contributed by atoms with Crippen LogP contribution in [0.4, 0.5) is 8.78 Å². The molecule has 3 unspecified atom stereocenters. The third-order valence-corrected chi connectivity index (χ3v) is 6.40. The fourth-order valence-corrected chi connectivity index (χ4v) is 5.07. The summed E-state index contributed by atoms with van der Waals surface area (Å²) in [5, 5.41) is 0.829. The number of hydrogen-bond donors (Lipinski definition) is 1. The van der Waals surface area contributed by atoms with Gasteiger partial charge in [-0.3, -0.25) is 0 Å². The molecular weight excluding hydrogens is 272 g/mol. The van der Waals surface area contributed by atoms with Gasteiger partial charge in [-0.15, -0.1) is 0 Å². The minimum absolute atomic E-state index is 0.0854. The lowest BCUT2D eigenvalue weighted by atomic mass is 10.0. The summed E-state index contributed by atoms with van der Waals surface area (Å²) in [5.41, 5.74) is 6.69. The second kappa shape index (κ2) is 6.26. The van der Waals surface area contributed by atoms with E-state index in [2.05, 4.69) is 6.92 Å². The van der Waals surface area contributed by atoms with Crippen LogP contribution in [0, 0.1) is 11.6 Å². The number of thioether (sulfide) groups is 2. The lowest BCUT2D eigenvalue weighted by Gasteiger charge is -2.32. The Morgan fingerprint density at radius 1 is 1.33 bits per heavy atom. The molecule has 3 atom stereocenters. The molecule has 1 nitrogen and oxygen atoms in total. The van der Waals surface area contributed by atoms with Gasteiger partial charge in [0.05, 0.1) is 0 Å². The van der Waals surface area contributed by atoms with Crippen LogP contribution < -0.4 is 5.73 Å². The average molecular weight is 289 g/mol. The van der Waals surface area contributed by atoms with Crippen molar-refractivity contribution >= 4 is 23.5 Å². The van der Waals surface area contributed by atoms with Gasteiger partial charge in [-0.05, 0) is 18.1 Å². The van der Waals surface area contributed by atoms with Gasteiger partial charge in [0.25, 0.3) is 0 Å². The normalized spacial score (nSPS) is 26.0. The van der Waals surface area contributed by atoms with Gasteiger partial charge >= 0.3 is 0 Å². The molecule has 0 bridgehead atoms. The summed E-state index contributed by atoms with van der Waals surface area (Å²) in [6.45, 7) is 2.17. The zero-order chi connectivity index (χ0) is 13.1. The maximum atomic E-state index is 13.6. The van der Waals surface area contributed by atoms with E-state index >= 15 is 0 Å². The maximum Gasteiger partial charge on any atom is 0.129 e. The number of halogens is 2. The van der Waals surface area contributed by atoms with E-state index in [-0.39, 0.29) is 6.04 Å². The molecule has 5 heteroatoms. The Morgan fingerprint density at radius 2 is 2.06 bits per heavy atom. The van der Waals surface area contributed by atoms with E-state index in [9.17, 15) is 8.78 Å². The monoisotopic (exact) mass is 289 g/mol. The van der Waals surface area contributed by atoms with E-state index in [0.29, 0.717) is 22.5 Å². The summed E-state index contributed by atoms with van der Waals surface area (Å²) in [6.07, 6.45) is 0.467. The van der Waals surface area contributed by atoms with Gasteiger partial charge in [-0.25, -0.2) is 8.78 Å². The first kappa shape index (κ1) is 14.2. The average Bonchev–Trinajstić information content (AvgIpc) is 2.33. The van der Waals surface area contributed by atoms with Gasteiger partial charge in [-0.2, -0.15) is 23.5 Å². The molecule has 18 heavy (non-hydrogen) atoms. The van der Waals surface area contributed by atoms with Crippen molar-refractivity contribution in [3.05, 3.63) is 35.4 Å². The van der Waals surface area contributed by atoms with Crippen molar-refractivity contribution in [1.29, 1.82) is 0 Å². The van der Waals surface area contributed by atoms with Crippen molar-refractivity contribution in [3.63, 3.8) is 0 Å². The summed E-state index contributed by atoms with van der Waals surface area (Å²) < 4.78 is 26.4. The standard InChI is InChI=1S/C13H17F2NS2/c1-8-13(18-5-4-17-8)12(16)6-9-2-3-10(14)7-11(9)15/h2-3,7-8,12-13H,4-6,16H2,1H3. The van der Waals surface area contributed by atoms with Crippen LogP contribution in [-0.2, 0) is 6.42 Å². The van der Waals surface area contributed by atoms with Crippen LogP contribution in [0.3, 0.4) is 0 Å². The van der Waals surface area contributed by atoms with Crippen molar-refractivity contribution in [2.45, 2.75) is 29.9 Å². The van der Waals surface area contributed by atoms with E-state index in [0.717, 1.165) is 17.6 Å². The van der Waals surface area contributed by atoms with Gasteiger partial charge in [0.2, 0.25) is 0 Å². The second-order valence-electron chi connectivity index (χ2n) is 4.52. The lowest BCUT2D eigenvalue weighted by Crippen LogP contribution is -2.42. The third-order valence-electron chi connectivity index (χ3n) is 3.13. The Hall–Kier alpha value is -0.260. The first-order chi connectivity index (χ1) is 8.58. The minimum Gasteiger partial charge on any atom is -0.326 e. The molecule has 0 spiro atoms. The predicted octanol–water partition coefficient (Wildman–Crippen LogP) is 3.07. The quantitative estimate of drug-likeness (QED) is 0.926. The topological polar surface area (TPSA) is 26.0 Å². The summed E-state index contributed by atoms with van der Waals surface area (Å²) >= 11 is 3.78. The van der Waals surface area contributed by atoms with E-state index in [4.69, 9.17) is 5.73 Å². The van der Waals surface area contributed by atoms with E-state index < -0.39 is 11.6 Å². The smallest absolute Gasteiger partial charge is 0.129 e. The van der Waals surface area contributed by atoms with E-state index in [1.165, 1.54) is 12.1 Å². The molecule has 1 fully saturated rings. The van der Waals surface area contributed by atoms with Gasteiger partial charge in [0.1, 0.15) is 11.6 Å². The predicted molar refractivity (Wildman–Crippen MR) is 76.2 cm³/mol. The van der Waals surface area contributed by atoms with Gasteiger partial charge in [0, 0.05) is 34.1 Å². The number of benzene rings is 1. The third kappa shape index (κ3) is 3.39. The van der Waals surface area contributed by atoms with Crippen LogP contribution >= 0.6 is 23.5 Å². The molecule has 2 rings (SSSR count). The molecule has 0 aliphatic carbocycles. The Bertz CT molecular complexity index is 414. The molecule has 100 valence electrons. The van der Waals surface area contributed by atoms with Crippen molar-refractivity contribution in [1.82, 2.24) is 0 Å². The van der Waals surface area contributed by atoms with Crippen molar-refractivity contribution in [2.24, 2.45) is 5.73 Å². The zero-order valence-corrected chi connectivity index (χ0v) is 11.9. The van der Waals surface area contributed by atoms with Crippen LogP contribution in [0.5, 0.6) is 0 Å². The summed E-state index contributed by atoms with van der Waals surface area (Å²) in [6, 6.07) is 3.62. The van der Waals surface area contributed by atoms with Crippen molar-refractivity contribution in [2.75, 3.05) is 11.5 Å². The Kier molecular flexibility index (Phi) is 4.92. The fourth-order valence-electron chi connectivity index (χ4n) is 2.18. The molecular formula is C13H17F2NS2. The zero-order valence-electron chi connectivity index (χ0n) is 10.2. The molecule has 2 N–H and O–H groups in total. The largest absolute Gasteiger partial charge is 0.326 e. The Balaban J connectivity index is 2.03. The van der Waals surface area contributed by atoms with E-state index in [1.807, 2.05) is 23.5 Å². The Labute approximate surface area is 115 Å². The molecule has 1 aliphatic rings. The number of nitrogens with two attached hydrogens (primary N) is 1. The molecule has 1 heterocycles. The molecule has 0 saturated carbocycles. The molecule has 1 aliphatic heterocycles. The van der Waals surface area contributed by atoms with Crippen LogP contribution in [0.1, 0.15) is 12.5 Å². The summed E-state index contributed by atoms with van der Waals surface area (Å²) in [7, 11) is 0. The molecule has 0 aromatic heterocycles. The highest BCUT2D eigenvalue weighted by atomic mass is 32.2. The lowest BCUT2D eigenvalue weighted by molar-refractivity contribution is 0.552. The molecule has 0 radical (unpaired) electrons. The maximum absolute atomic E-state index is 13.6. The van der Waals surface area contributed by atoms with Gasteiger partial charge < -0.3 is 5.73 Å². The Morgan fingerprint density at radius 3 is 2.72 bits per heavy atom. The van der Waals surface area contributed by atoms with Gasteiger partial charge in [-0.1, -0.05) is 13.0 Å². The molecule has 1 aromatic carbocycles. The molecule has 1 saturated heterocycles. The van der Waals surface area contributed by atoms with Crippen molar-refractivity contribution < 1.29 is 8.78 Å². The van der Waals surface area contributed by atoms with Crippen molar-refractivity contribution in [3.8, 4) is 0 Å². The molecule has 1 aromatic rings. The first-order valence-electron chi connectivity index (χ1n) is 6.00. The second-order valence-corrected chi connectivity index (χ2v) is 7.29. The van der Waals surface area contributed by atoms with E-state index in [1.54, 1.807) is 0 Å². The summed E-state index contributed by atoms with van der Waals surface area (Å²) in [4.78, 5) is 0. The SMILES string of the molecule is CC1SCCSC1C(N)Cc1ccc(F)cc1F. The van der Waals surface area contributed by atoms with Crippen LogP contribution in [0.25, 0.3) is 0 Å². The molecule has 0 amide bonds. The fraction of sp³-hybridized carbons (Fsp3) is 0.538. The first-order valence-corrected chi connectivity index (χ1v) is 8.10.